The summed E-state index contributed by atoms with van der Waals surface area (Å²) in [5, 5.41) is 22.3. The summed E-state index contributed by atoms with van der Waals surface area (Å²) in [5.41, 5.74) is 0.223. The van der Waals surface area contributed by atoms with Gasteiger partial charge in [0.15, 0.2) is 11.9 Å². The van der Waals surface area contributed by atoms with E-state index in [2.05, 4.69) is 31.0 Å². The molecule has 0 aliphatic carbocycles. The van der Waals surface area contributed by atoms with Gasteiger partial charge in [-0.3, -0.25) is 14.9 Å². The van der Waals surface area contributed by atoms with Crippen molar-refractivity contribution in [1.29, 1.82) is 0 Å². The molecule has 0 saturated carbocycles. The Morgan fingerprint density at radius 1 is 0.833 bits per heavy atom. The van der Waals surface area contributed by atoms with E-state index in [1.54, 1.807) is 31.2 Å². The Bertz CT molecular complexity index is 1400. The number of rotatable bonds is 15. The fraction of sp³-hybridized carbons (Fsp3) is 0.606. The van der Waals surface area contributed by atoms with Gasteiger partial charge in [0.25, 0.3) is 0 Å². The highest BCUT2D eigenvalue weighted by atomic mass is 16.6. The molecule has 3 amide bonds. The molecule has 0 radical (unpaired) electrons. The molecule has 48 heavy (non-hydrogen) atoms. The normalized spacial score (nSPS) is 12.8. The van der Waals surface area contributed by atoms with Crippen LogP contribution >= 0.6 is 0 Å². The molecule has 0 fully saturated rings. The highest BCUT2D eigenvalue weighted by Gasteiger charge is 2.33. The number of aromatic nitrogens is 4. The number of hydrogen-bond acceptors (Lipinski definition) is 12. The maximum atomic E-state index is 12.9. The Kier molecular flexibility index (Phi) is 14.5. The number of ketones is 2. The number of likely N-dealkylation sites (N-methyl/N-ethyl adjacent to an activating group) is 2. The van der Waals surface area contributed by atoms with Crippen molar-refractivity contribution in [3.05, 3.63) is 30.1 Å². The number of Topliss-reactive ketones (excluding diaryl/α,β-unsaturated/α-hetero) is 2. The van der Waals surface area contributed by atoms with Gasteiger partial charge in [0.2, 0.25) is 17.6 Å². The van der Waals surface area contributed by atoms with E-state index in [-0.39, 0.29) is 60.8 Å². The molecule has 0 bridgehead atoms. The molecule has 0 aliphatic rings. The van der Waals surface area contributed by atoms with Crippen LogP contribution in [0.25, 0.3) is 11.4 Å². The number of nitrogens with zero attached hydrogens (tertiary/aromatic N) is 6. The fourth-order valence-electron chi connectivity index (χ4n) is 4.21. The van der Waals surface area contributed by atoms with Gasteiger partial charge in [-0.2, -0.15) is 0 Å². The van der Waals surface area contributed by atoms with E-state index >= 15 is 0 Å². The van der Waals surface area contributed by atoms with Crippen LogP contribution in [0.4, 0.5) is 15.3 Å². The zero-order valence-electron chi connectivity index (χ0n) is 29.7. The van der Waals surface area contributed by atoms with Crippen LogP contribution in [-0.2, 0) is 23.9 Å². The van der Waals surface area contributed by atoms with Crippen molar-refractivity contribution in [2.24, 2.45) is 5.41 Å². The summed E-state index contributed by atoms with van der Waals surface area (Å²) >= 11 is 0. The first-order chi connectivity index (χ1) is 22.3. The van der Waals surface area contributed by atoms with Gasteiger partial charge in [0.05, 0.1) is 0 Å². The van der Waals surface area contributed by atoms with Crippen molar-refractivity contribution >= 4 is 35.3 Å². The minimum Gasteiger partial charge on any atom is -0.447 e. The standard InChI is InChI=1S/C33H50N8O7/c1-21(42)12-11-13-26(43)34-24-16-14-23(15-17-24)29-38-36-28(37-39-29)22(2)48-31(46)41(10)19-18-40(9)30(45)47-20-25(35-33(6,7)8)27(44)32(3,4)5/h14-17,22,25,35H,11-13,18-20H2,1-10H3,(H,34,43)/t22?,25-/m1/s1. The van der Waals surface area contributed by atoms with Gasteiger partial charge in [-0.15, -0.1) is 20.4 Å². The number of anilines is 1. The van der Waals surface area contributed by atoms with Crippen LogP contribution in [0.1, 0.15) is 86.6 Å². The predicted molar refractivity (Wildman–Crippen MR) is 179 cm³/mol. The van der Waals surface area contributed by atoms with E-state index in [4.69, 9.17) is 9.47 Å². The quantitative estimate of drug-likeness (QED) is 0.276. The summed E-state index contributed by atoms with van der Waals surface area (Å²) in [6.45, 7) is 14.5. The largest absolute Gasteiger partial charge is 0.447 e. The molecule has 1 unspecified atom stereocenters. The molecule has 1 aromatic carbocycles. The number of ether oxygens (including phenoxy) is 2. The van der Waals surface area contributed by atoms with Crippen LogP contribution < -0.4 is 10.6 Å². The predicted octanol–water partition coefficient (Wildman–Crippen LogP) is 4.20. The number of hydrogen-bond donors (Lipinski definition) is 2. The Balaban J connectivity index is 1.85. The maximum absolute atomic E-state index is 12.9. The fourth-order valence-corrected chi connectivity index (χ4v) is 4.21. The minimum atomic E-state index is -0.857. The van der Waals surface area contributed by atoms with Gasteiger partial charge >= 0.3 is 12.2 Å². The number of carbonyl (C=O) groups excluding carboxylic acids is 5. The first-order valence-corrected chi connectivity index (χ1v) is 15.9. The van der Waals surface area contributed by atoms with Crippen molar-refractivity contribution in [1.82, 2.24) is 35.5 Å². The third-order valence-electron chi connectivity index (χ3n) is 6.93. The third kappa shape index (κ3) is 13.7. The van der Waals surface area contributed by atoms with Crippen LogP contribution in [0.15, 0.2) is 24.3 Å². The first-order valence-electron chi connectivity index (χ1n) is 15.9. The molecule has 2 atom stereocenters. The van der Waals surface area contributed by atoms with E-state index in [0.29, 0.717) is 24.1 Å². The Labute approximate surface area is 282 Å². The molecule has 0 saturated heterocycles. The average Bonchev–Trinajstić information content (AvgIpc) is 3.00. The molecule has 1 heterocycles. The number of carbonyl (C=O) groups is 5. The summed E-state index contributed by atoms with van der Waals surface area (Å²) in [6.07, 6.45) is -1.04. The number of nitrogens with one attached hydrogen (secondary N) is 2. The van der Waals surface area contributed by atoms with Gasteiger partial charge in [0.1, 0.15) is 18.4 Å². The Morgan fingerprint density at radius 3 is 1.92 bits per heavy atom. The van der Waals surface area contributed by atoms with Gasteiger partial charge in [-0.05, 0) is 65.3 Å². The highest BCUT2D eigenvalue weighted by molar-refractivity contribution is 5.91. The zero-order chi connectivity index (χ0) is 36.2. The van der Waals surface area contributed by atoms with E-state index in [1.807, 2.05) is 41.5 Å². The lowest BCUT2D eigenvalue weighted by Gasteiger charge is -2.31. The third-order valence-corrected chi connectivity index (χ3v) is 6.93. The molecule has 1 aromatic heterocycles. The van der Waals surface area contributed by atoms with E-state index in [9.17, 15) is 24.0 Å². The topological polar surface area (TPSA) is 186 Å². The summed E-state index contributed by atoms with van der Waals surface area (Å²) in [4.78, 5) is 63.9. The van der Waals surface area contributed by atoms with Crippen molar-refractivity contribution in [2.75, 3.05) is 39.1 Å². The van der Waals surface area contributed by atoms with Crippen molar-refractivity contribution in [3.8, 4) is 11.4 Å². The first kappa shape index (κ1) is 39.6. The lowest BCUT2D eigenvalue weighted by atomic mass is 9.86. The lowest BCUT2D eigenvalue weighted by molar-refractivity contribution is -0.130. The van der Waals surface area contributed by atoms with E-state index in [1.165, 1.54) is 30.8 Å². The highest BCUT2D eigenvalue weighted by Crippen LogP contribution is 2.20. The maximum Gasteiger partial charge on any atom is 0.410 e. The zero-order valence-corrected chi connectivity index (χ0v) is 29.7. The van der Waals surface area contributed by atoms with Crippen LogP contribution in [0.2, 0.25) is 0 Å². The van der Waals surface area contributed by atoms with Crippen molar-refractivity contribution in [3.63, 3.8) is 0 Å². The van der Waals surface area contributed by atoms with Crippen molar-refractivity contribution < 1.29 is 33.4 Å². The summed E-state index contributed by atoms with van der Waals surface area (Å²) in [6, 6.07) is 6.14. The average molecular weight is 671 g/mol. The lowest BCUT2D eigenvalue weighted by Crippen LogP contribution is -2.53. The van der Waals surface area contributed by atoms with Crippen LogP contribution in [0.5, 0.6) is 0 Å². The molecule has 15 nitrogen and oxygen atoms in total. The smallest absolute Gasteiger partial charge is 0.410 e. The van der Waals surface area contributed by atoms with E-state index < -0.39 is 29.7 Å². The SMILES string of the molecule is CC(=O)CCCC(=O)Nc1ccc(-c2nnc(C(C)OC(=O)N(C)CCN(C)C(=O)OC[C@@H](NC(C)(C)C)C(=O)C(C)(C)C)nn2)cc1. The van der Waals surface area contributed by atoms with Crippen LogP contribution in [0.3, 0.4) is 0 Å². The van der Waals surface area contributed by atoms with Crippen LogP contribution in [-0.4, -0.2) is 105 Å². The van der Waals surface area contributed by atoms with Gasteiger partial charge in [-0.1, -0.05) is 20.8 Å². The monoisotopic (exact) mass is 670 g/mol. The van der Waals surface area contributed by atoms with Gasteiger partial charge in [0, 0.05) is 62.2 Å². The number of benzene rings is 1. The molecule has 2 rings (SSSR count). The molecule has 0 spiro atoms. The summed E-state index contributed by atoms with van der Waals surface area (Å²) in [5.74, 6) is 0.140. The Morgan fingerprint density at radius 2 is 1.40 bits per heavy atom. The summed E-state index contributed by atoms with van der Waals surface area (Å²) < 4.78 is 10.9. The molecule has 0 aliphatic heterocycles. The molecule has 264 valence electrons. The minimum absolute atomic E-state index is 0.0477. The second kappa shape index (κ2) is 17.6. The summed E-state index contributed by atoms with van der Waals surface area (Å²) in [7, 11) is 3.06. The van der Waals surface area contributed by atoms with Crippen molar-refractivity contribution in [2.45, 2.75) is 92.3 Å². The molecule has 2 N–H and O–H groups in total. The van der Waals surface area contributed by atoms with Gasteiger partial charge < -0.3 is 29.4 Å². The molecular formula is C33H50N8O7. The number of amides is 3. The molecular weight excluding hydrogens is 620 g/mol. The van der Waals surface area contributed by atoms with E-state index in [0.717, 1.165) is 0 Å². The van der Waals surface area contributed by atoms with Crippen LogP contribution in [0, 0.1) is 5.41 Å². The molecule has 15 heteroatoms. The second-order valence-corrected chi connectivity index (χ2v) is 13.8. The Hall–Kier alpha value is -4.53. The van der Waals surface area contributed by atoms with Gasteiger partial charge in [-0.25, -0.2) is 9.59 Å². The molecule has 2 aromatic rings. The second-order valence-electron chi connectivity index (χ2n) is 13.8.